The molecule has 0 radical (unpaired) electrons. The largest absolute Gasteiger partial charge is 0.397 e. The number of hydrogen-bond acceptors (Lipinski definition) is 4. The summed E-state index contributed by atoms with van der Waals surface area (Å²) < 4.78 is 0. The summed E-state index contributed by atoms with van der Waals surface area (Å²) in [6.07, 6.45) is 2.84. The lowest BCUT2D eigenvalue weighted by Crippen LogP contribution is -2.47. The predicted molar refractivity (Wildman–Crippen MR) is 76.9 cm³/mol. The zero-order valence-corrected chi connectivity index (χ0v) is 11.2. The Kier molecular flexibility index (Phi) is 3.31. The molecule has 2 fully saturated rings. The Hall–Kier alpha value is -1.73. The van der Waals surface area contributed by atoms with Crippen LogP contribution in [0.3, 0.4) is 0 Å². The van der Waals surface area contributed by atoms with E-state index in [4.69, 9.17) is 11.0 Å². The molecule has 0 amide bonds. The van der Waals surface area contributed by atoms with Crippen molar-refractivity contribution in [3.8, 4) is 6.07 Å². The highest BCUT2D eigenvalue weighted by molar-refractivity contribution is 5.69. The van der Waals surface area contributed by atoms with Crippen LogP contribution in [0.25, 0.3) is 0 Å². The number of anilines is 2. The smallest absolute Gasteiger partial charge is 0.0992 e. The van der Waals surface area contributed by atoms with Gasteiger partial charge >= 0.3 is 0 Å². The highest BCUT2D eigenvalue weighted by atomic mass is 15.3. The van der Waals surface area contributed by atoms with Crippen LogP contribution in [-0.4, -0.2) is 37.6 Å². The summed E-state index contributed by atoms with van der Waals surface area (Å²) in [5, 5.41) is 8.86. The molecule has 0 bridgehead atoms. The van der Waals surface area contributed by atoms with Crippen molar-refractivity contribution in [3.05, 3.63) is 23.8 Å². The molecule has 1 aromatic rings. The molecule has 4 heteroatoms. The lowest BCUT2D eigenvalue weighted by atomic mass is 10.1. The summed E-state index contributed by atoms with van der Waals surface area (Å²) in [7, 11) is 0. The van der Waals surface area contributed by atoms with Gasteiger partial charge in [-0.15, -0.1) is 0 Å². The van der Waals surface area contributed by atoms with Crippen molar-refractivity contribution in [3.63, 3.8) is 0 Å². The van der Waals surface area contributed by atoms with Gasteiger partial charge in [0.1, 0.15) is 0 Å². The molecule has 2 N–H and O–H groups in total. The SMILES string of the molecule is N#Cc1ccc(N2CCN(CC3CC3)CC2)c(N)c1. The van der Waals surface area contributed by atoms with E-state index in [9.17, 15) is 0 Å². The summed E-state index contributed by atoms with van der Waals surface area (Å²) in [5.41, 5.74) is 8.47. The number of piperazine rings is 1. The van der Waals surface area contributed by atoms with Crippen molar-refractivity contribution in [1.82, 2.24) is 4.90 Å². The molecular formula is C15H20N4. The molecule has 1 aliphatic heterocycles. The molecule has 0 aromatic heterocycles. The second kappa shape index (κ2) is 5.10. The van der Waals surface area contributed by atoms with Gasteiger partial charge in [-0.05, 0) is 37.0 Å². The average molecular weight is 256 g/mol. The fourth-order valence-corrected chi connectivity index (χ4v) is 2.75. The normalized spacial score (nSPS) is 20.3. The van der Waals surface area contributed by atoms with Crippen molar-refractivity contribution in [2.75, 3.05) is 43.4 Å². The summed E-state index contributed by atoms with van der Waals surface area (Å²) in [6.45, 7) is 5.58. The van der Waals surface area contributed by atoms with Crippen LogP contribution >= 0.6 is 0 Å². The fraction of sp³-hybridized carbons (Fsp3) is 0.533. The van der Waals surface area contributed by atoms with E-state index in [1.54, 1.807) is 6.07 Å². The Morgan fingerprint density at radius 3 is 2.53 bits per heavy atom. The minimum Gasteiger partial charge on any atom is -0.397 e. The zero-order valence-electron chi connectivity index (χ0n) is 11.2. The van der Waals surface area contributed by atoms with Gasteiger partial charge in [0.05, 0.1) is 23.0 Å². The maximum Gasteiger partial charge on any atom is 0.0992 e. The third kappa shape index (κ3) is 2.82. The van der Waals surface area contributed by atoms with E-state index in [0.717, 1.165) is 43.5 Å². The molecular weight excluding hydrogens is 236 g/mol. The minimum absolute atomic E-state index is 0.633. The predicted octanol–water partition coefficient (Wildman–Crippen LogP) is 1.67. The van der Waals surface area contributed by atoms with Crippen molar-refractivity contribution in [2.45, 2.75) is 12.8 Å². The molecule has 1 heterocycles. The van der Waals surface area contributed by atoms with Crippen molar-refractivity contribution < 1.29 is 0 Å². The summed E-state index contributed by atoms with van der Waals surface area (Å²) in [6, 6.07) is 7.72. The number of nitrogens with zero attached hydrogens (tertiary/aromatic N) is 3. The van der Waals surface area contributed by atoms with Gasteiger partial charge < -0.3 is 10.6 Å². The van der Waals surface area contributed by atoms with Crippen LogP contribution in [-0.2, 0) is 0 Å². The molecule has 1 aromatic carbocycles. The Bertz CT molecular complexity index is 493. The standard InChI is InChI=1S/C15H20N4/c16-10-13-3-4-15(14(17)9-13)19-7-5-18(6-8-19)11-12-1-2-12/h3-4,9,12H,1-2,5-8,11,17H2. The maximum atomic E-state index is 8.86. The molecule has 1 saturated carbocycles. The molecule has 3 rings (SSSR count). The molecule has 100 valence electrons. The van der Waals surface area contributed by atoms with E-state index < -0.39 is 0 Å². The van der Waals surface area contributed by atoms with Gasteiger partial charge in [0.2, 0.25) is 0 Å². The molecule has 19 heavy (non-hydrogen) atoms. The maximum absolute atomic E-state index is 8.86. The van der Waals surface area contributed by atoms with E-state index in [-0.39, 0.29) is 0 Å². The van der Waals surface area contributed by atoms with Gasteiger partial charge in [0.25, 0.3) is 0 Å². The van der Waals surface area contributed by atoms with Crippen LogP contribution in [0.2, 0.25) is 0 Å². The third-order valence-corrected chi connectivity index (χ3v) is 4.08. The first-order valence-electron chi connectivity index (χ1n) is 7.03. The quantitative estimate of drug-likeness (QED) is 0.836. The molecule has 1 aliphatic carbocycles. The molecule has 0 spiro atoms. The number of nitrogen functional groups attached to an aromatic ring is 1. The average Bonchev–Trinajstić information content (AvgIpc) is 3.24. The van der Waals surface area contributed by atoms with Gasteiger partial charge in [-0.3, -0.25) is 4.90 Å². The topological polar surface area (TPSA) is 56.3 Å². The minimum atomic E-state index is 0.633. The van der Waals surface area contributed by atoms with Crippen molar-refractivity contribution in [2.24, 2.45) is 5.92 Å². The van der Waals surface area contributed by atoms with E-state index >= 15 is 0 Å². The number of nitriles is 1. The number of rotatable bonds is 3. The Balaban J connectivity index is 1.62. The summed E-state index contributed by atoms with van der Waals surface area (Å²) >= 11 is 0. The Morgan fingerprint density at radius 1 is 1.21 bits per heavy atom. The number of benzene rings is 1. The third-order valence-electron chi connectivity index (χ3n) is 4.08. The fourth-order valence-electron chi connectivity index (χ4n) is 2.75. The van der Waals surface area contributed by atoms with Gasteiger partial charge in [0.15, 0.2) is 0 Å². The van der Waals surface area contributed by atoms with Crippen LogP contribution < -0.4 is 10.6 Å². The summed E-state index contributed by atoms with van der Waals surface area (Å²) in [5.74, 6) is 0.964. The first-order chi connectivity index (χ1) is 9.26. The monoisotopic (exact) mass is 256 g/mol. The van der Waals surface area contributed by atoms with Gasteiger partial charge in [-0.2, -0.15) is 5.26 Å². The van der Waals surface area contributed by atoms with E-state index in [1.807, 2.05) is 12.1 Å². The lowest BCUT2D eigenvalue weighted by Gasteiger charge is -2.36. The first kappa shape index (κ1) is 12.3. The molecule has 4 nitrogen and oxygen atoms in total. The molecule has 0 unspecified atom stereocenters. The zero-order chi connectivity index (χ0) is 13.2. The van der Waals surface area contributed by atoms with Gasteiger partial charge in [-0.25, -0.2) is 0 Å². The highest BCUT2D eigenvalue weighted by Gasteiger charge is 2.26. The second-order valence-electron chi connectivity index (χ2n) is 5.62. The van der Waals surface area contributed by atoms with Gasteiger partial charge in [0, 0.05) is 32.7 Å². The van der Waals surface area contributed by atoms with Crippen molar-refractivity contribution >= 4 is 11.4 Å². The molecule has 1 saturated heterocycles. The second-order valence-corrected chi connectivity index (χ2v) is 5.62. The van der Waals surface area contributed by atoms with Crippen LogP contribution in [0.15, 0.2) is 18.2 Å². The van der Waals surface area contributed by atoms with E-state index in [1.165, 1.54) is 19.4 Å². The highest BCUT2D eigenvalue weighted by Crippen LogP contribution is 2.31. The lowest BCUT2D eigenvalue weighted by molar-refractivity contribution is 0.248. The van der Waals surface area contributed by atoms with Crippen LogP contribution in [0, 0.1) is 17.2 Å². The molecule has 0 atom stereocenters. The Morgan fingerprint density at radius 2 is 1.95 bits per heavy atom. The van der Waals surface area contributed by atoms with E-state index in [0.29, 0.717) is 5.56 Å². The molecule has 2 aliphatic rings. The van der Waals surface area contributed by atoms with Crippen LogP contribution in [0.4, 0.5) is 11.4 Å². The van der Waals surface area contributed by atoms with Crippen molar-refractivity contribution in [1.29, 1.82) is 5.26 Å². The van der Waals surface area contributed by atoms with E-state index in [2.05, 4.69) is 15.9 Å². The number of hydrogen-bond donors (Lipinski definition) is 1. The van der Waals surface area contributed by atoms with Gasteiger partial charge in [-0.1, -0.05) is 0 Å². The van der Waals surface area contributed by atoms with Crippen LogP contribution in [0.1, 0.15) is 18.4 Å². The summed E-state index contributed by atoms with van der Waals surface area (Å²) in [4.78, 5) is 4.90. The Labute approximate surface area is 114 Å². The van der Waals surface area contributed by atoms with Crippen LogP contribution in [0.5, 0.6) is 0 Å². The first-order valence-corrected chi connectivity index (χ1v) is 7.03. The number of nitrogens with two attached hydrogens (primary N) is 1.